The first-order valence-corrected chi connectivity index (χ1v) is 9.70. The monoisotopic (exact) mass is 427 g/mol. The second-order valence-electron chi connectivity index (χ2n) is 5.09. The maximum absolute atomic E-state index is 12.8. The Labute approximate surface area is 153 Å². The number of rotatable bonds is 6. The van der Waals surface area contributed by atoms with Crippen LogP contribution in [0.25, 0.3) is 0 Å². The third-order valence-electron chi connectivity index (χ3n) is 3.06. The molecule has 0 aliphatic heterocycles. The van der Waals surface area contributed by atoms with E-state index in [0.717, 1.165) is 10.6 Å². The molecule has 0 saturated carbocycles. The Kier molecular flexibility index (Phi) is 6.27. The SMILES string of the molecule is CS(=O)(=O)N(CC(=O)N/N=C/c1ccc(F)cc1)c1cccc(Br)c1. The summed E-state index contributed by atoms with van der Waals surface area (Å²) in [6.07, 6.45) is 2.35. The molecule has 0 spiro atoms. The molecule has 0 unspecified atom stereocenters. The minimum absolute atomic E-state index is 0.356. The molecule has 0 aromatic heterocycles. The lowest BCUT2D eigenvalue weighted by Gasteiger charge is -2.21. The summed E-state index contributed by atoms with van der Waals surface area (Å²) in [6.45, 7) is -0.421. The highest BCUT2D eigenvalue weighted by atomic mass is 79.9. The fourth-order valence-electron chi connectivity index (χ4n) is 1.92. The van der Waals surface area contributed by atoms with Gasteiger partial charge in [0.2, 0.25) is 10.0 Å². The lowest BCUT2D eigenvalue weighted by molar-refractivity contribution is -0.119. The number of carbonyl (C=O) groups is 1. The number of hydrogen-bond acceptors (Lipinski definition) is 4. The molecule has 0 bridgehead atoms. The first-order valence-electron chi connectivity index (χ1n) is 7.06. The topological polar surface area (TPSA) is 78.8 Å². The van der Waals surface area contributed by atoms with Gasteiger partial charge in [-0.1, -0.05) is 34.1 Å². The molecule has 2 aromatic carbocycles. The van der Waals surface area contributed by atoms with E-state index in [9.17, 15) is 17.6 Å². The van der Waals surface area contributed by atoms with Gasteiger partial charge in [-0.2, -0.15) is 5.10 Å². The zero-order chi connectivity index (χ0) is 18.4. The summed E-state index contributed by atoms with van der Waals surface area (Å²) in [6, 6.07) is 12.1. The molecular weight excluding hydrogens is 413 g/mol. The van der Waals surface area contributed by atoms with Crippen LogP contribution in [0.15, 0.2) is 58.1 Å². The van der Waals surface area contributed by atoms with Crippen LogP contribution in [0.4, 0.5) is 10.1 Å². The van der Waals surface area contributed by atoms with Gasteiger partial charge < -0.3 is 0 Å². The average Bonchev–Trinajstić information content (AvgIpc) is 2.53. The second kappa shape index (κ2) is 8.21. The number of nitrogens with one attached hydrogen (secondary N) is 1. The summed E-state index contributed by atoms with van der Waals surface area (Å²) < 4.78 is 38.4. The van der Waals surface area contributed by atoms with Gasteiger partial charge in [-0.25, -0.2) is 18.2 Å². The standard InChI is InChI=1S/C16H15BrFN3O3S/c1-25(23,24)21(15-4-2-3-13(17)9-15)11-16(22)20-19-10-12-5-7-14(18)8-6-12/h2-10H,11H2,1H3,(H,20,22)/b19-10+. The van der Waals surface area contributed by atoms with Gasteiger partial charge in [0.25, 0.3) is 5.91 Å². The van der Waals surface area contributed by atoms with Gasteiger partial charge in [-0.3, -0.25) is 9.10 Å². The minimum Gasteiger partial charge on any atom is -0.271 e. The van der Waals surface area contributed by atoms with Crippen molar-refractivity contribution in [3.05, 3.63) is 64.4 Å². The molecule has 1 amide bonds. The molecule has 25 heavy (non-hydrogen) atoms. The van der Waals surface area contributed by atoms with Gasteiger partial charge in [0.15, 0.2) is 0 Å². The van der Waals surface area contributed by atoms with Gasteiger partial charge in [0, 0.05) is 4.47 Å². The van der Waals surface area contributed by atoms with E-state index in [1.165, 1.54) is 30.5 Å². The van der Waals surface area contributed by atoms with Crippen molar-refractivity contribution in [1.29, 1.82) is 0 Å². The maximum Gasteiger partial charge on any atom is 0.260 e. The van der Waals surface area contributed by atoms with Crippen molar-refractivity contribution in [2.75, 3.05) is 17.1 Å². The molecule has 0 saturated heterocycles. The molecule has 1 N–H and O–H groups in total. The first-order chi connectivity index (χ1) is 11.8. The molecule has 0 atom stereocenters. The molecule has 132 valence electrons. The van der Waals surface area contributed by atoms with Crippen LogP contribution in [0.2, 0.25) is 0 Å². The number of benzene rings is 2. The van der Waals surface area contributed by atoms with Crippen LogP contribution in [-0.4, -0.2) is 33.3 Å². The predicted octanol–water partition coefficient (Wildman–Crippen LogP) is 2.50. The van der Waals surface area contributed by atoms with Crippen molar-refractivity contribution in [2.24, 2.45) is 5.10 Å². The van der Waals surface area contributed by atoms with Crippen molar-refractivity contribution >= 4 is 43.8 Å². The van der Waals surface area contributed by atoms with E-state index in [1.54, 1.807) is 24.3 Å². The van der Waals surface area contributed by atoms with Crippen LogP contribution in [0.1, 0.15) is 5.56 Å². The highest BCUT2D eigenvalue weighted by molar-refractivity contribution is 9.10. The molecule has 9 heteroatoms. The Morgan fingerprint density at radius 3 is 2.56 bits per heavy atom. The molecule has 2 aromatic rings. The quantitative estimate of drug-likeness (QED) is 0.568. The summed E-state index contributed by atoms with van der Waals surface area (Å²) in [7, 11) is -3.65. The van der Waals surface area contributed by atoms with Crippen LogP contribution in [0, 0.1) is 5.82 Å². The van der Waals surface area contributed by atoms with Gasteiger partial charge in [-0.15, -0.1) is 0 Å². The lowest BCUT2D eigenvalue weighted by atomic mass is 10.2. The second-order valence-corrected chi connectivity index (χ2v) is 7.92. The Bertz CT molecular complexity index is 886. The molecule has 0 aliphatic rings. The van der Waals surface area contributed by atoms with E-state index in [0.29, 0.717) is 15.7 Å². The third-order valence-corrected chi connectivity index (χ3v) is 4.69. The molecular formula is C16H15BrFN3O3S. The fourth-order valence-corrected chi connectivity index (χ4v) is 3.16. The van der Waals surface area contributed by atoms with E-state index in [4.69, 9.17) is 0 Å². The molecule has 6 nitrogen and oxygen atoms in total. The Hall–Kier alpha value is -2.26. The molecule has 0 aliphatic carbocycles. The van der Waals surface area contributed by atoms with Gasteiger partial charge in [0.1, 0.15) is 12.4 Å². The summed E-state index contributed by atoms with van der Waals surface area (Å²) in [4.78, 5) is 12.0. The minimum atomic E-state index is -3.65. The van der Waals surface area contributed by atoms with Crippen molar-refractivity contribution in [1.82, 2.24) is 5.43 Å². The molecule has 0 fully saturated rings. The highest BCUT2D eigenvalue weighted by Crippen LogP contribution is 2.21. The lowest BCUT2D eigenvalue weighted by Crippen LogP contribution is -2.39. The summed E-state index contributed by atoms with van der Waals surface area (Å²) in [5.41, 5.74) is 3.20. The number of anilines is 1. The van der Waals surface area contributed by atoms with Crippen LogP contribution in [0.3, 0.4) is 0 Å². The van der Waals surface area contributed by atoms with Crippen molar-refractivity contribution < 1.29 is 17.6 Å². The first kappa shape index (κ1) is 19.1. The number of amides is 1. The van der Waals surface area contributed by atoms with E-state index >= 15 is 0 Å². The molecule has 0 radical (unpaired) electrons. The Balaban J connectivity index is 2.06. The van der Waals surface area contributed by atoms with Gasteiger partial charge >= 0.3 is 0 Å². The highest BCUT2D eigenvalue weighted by Gasteiger charge is 2.20. The number of halogens is 2. The van der Waals surface area contributed by atoms with E-state index < -0.39 is 22.5 Å². The third kappa shape index (κ3) is 5.95. The smallest absolute Gasteiger partial charge is 0.260 e. The number of carbonyl (C=O) groups excluding carboxylic acids is 1. The normalized spacial score (nSPS) is 11.5. The largest absolute Gasteiger partial charge is 0.271 e. The predicted molar refractivity (Wildman–Crippen MR) is 98.5 cm³/mol. The maximum atomic E-state index is 12.8. The van der Waals surface area contributed by atoms with Crippen LogP contribution >= 0.6 is 15.9 Å². The summed E-state index contributed by atoms with van der Waals surface area (Å²) >= 11 is 3.26. The number of hydrazone groups is 1. The van der Waals surface area contributed by atoms with Crippen molar-refractivity contribution in [2.45, 2.75) is 0 Å². The zero-order valence-corrected chi connectivity index (χ0v) is 15.6. The van der Waals surface area contributed by atoms with Crippen LogP contribution < -0.4 is 9.73 Å². The van der Waals surface area contributed by atoms with E-state index in [-0.39, 0.29) is 5.82 Å². The zero-order valence-electron chi connectivity index (χ0n) is 13.2. The summed E-state index contributed by atoms with van der Waals surface area (Å²) in [5.74, 6) is -0.984. The Morgan fingerprint density at radius 1 is 1.28 bits per heavy atom. The Morgan fingerprint density at radius 2 is 1.96 bits per heavy atom. The molecule has 2 rings (SSSR count). The molecule has 0 heterocycles. The summed E-state index contributed by atoms with van der Waals surface area (Å²) in [5, 5.41) is 3.74. The fraction of sp³-hybridized carbons (Fsp3) is 0.125. The van der Waals surface area contributed by atoms with Crippen LogP contribution in [-0.2, 0) is 14.8 Å². The number of sulfonamides is 1. The van der Waals surface area contributed by atoms with Crippen molar-refractivity contribution in [3.8, 4) is 0 Å². The van der Waals surface area contributed by atoms with Crippen molar-refractivity contribution in [3.63, 3.8) is 0 Å². The number of hydrogen-bond donors (Lipinski definition) is 1. The van der Waals surface area contributed by atoms with Crippen LogP contribution in [0.5, 0.6) is 0 Å². The van der Waals surface area contributed by atoms with Gasteiger partial charge in [-0.05, 0) is 35.9 Å². The van der Waals surface area contributed by atoms with E-state index in [1.807, 2.05) is 0 Å². The average molecular weight is 428 g/mol. The van der Waals surface area contributed by atoms with Gasteiger partial charge in [0.05, 0.1) is 18.2 Å². The number of nitrogens with zero attached hydrogens (tertiary/aromatic N) is 2. The van der Waals surface area contributed by atoms with E-state index in [2.05, 4.69) is 26.5 Å².